The number of carbonyl (C=O) groups is 1. The molecule has 8 nitrogen and oxygen atoms in total. The molecule has 1 aliphatic rings. The van der Waals surface area contributed by atoms with Gasteiger partial charge in [0.2, 0.25) is 5.91 Å². The minimum atomic E-state index is -0.325. The number of hydrogen-bond acceptors (Lipinski definition) is 6. The zero-order valence-corrected chi connectivity index (χ0v) is 15.8. The molecule has 1 aromatic carbocycles. The zero-order chi connectivity index (χ0) is 20.2. The van der Waals surface area contributed by atoms with Crippen molar-refractivity contribution < 1.29 is 14.3 Å². The van der Waals surface area contributed by atoms with Gasteiger partial charge in [-0.25, -0.2) is 4.98 Å². The molecule has 0 aliphatic carbocycles. The Balaban J connectivity index is 1.44. The van der Waals surface area contributed by atoms with Crippen molar-refractivity contribution in [2.45, 2.75) is 13.0 Å². The fourth-order valence-electron chi connectivity index (χ4n) is 3.28. The van der Waals surface area contributed by atoms with E-state index in [1.165, 1.54) is 6.07 Å². The number of methoxy groups -OCH3 is 1. The fraction of sp³-hybridized carbons (Fsp3) is 0.238. The van der Waals surface area contributed by atoms with Crippen molar-refractivity contribution in [2.24, 2.45) is 5.92 Å². The van der Waals surface area contributed by atoms with E-state index in [9.17, 15) is 9.59 Å². The standard InChI is InChI=1S/C21H20N4O4/c1-28-17-6-2-4-13-8-15(12-29-19(13)17)21(27)23-11-16-9-18(26)25-20(24-16)14-5-3-7-22-10-14/h2-7,9-10,15H,8,11-12H2,1H3,(H,23,27)(H,24,25,26)/t15-/m1/s1. The second kappa shape index (κ2) is 8.14. The maximum Gasteiger partial charge on any atom is 0.251 e. The molecule has 1 atom stereocenters. The first-order valence-corrected chi connectivity index (χ1v) is 9.21. The molecule has 8 heteroatoms. The summed E-state index contributed by atoms with van der Waals surface area (Å²) in [5, 5.41) is 2.85. The van der Waals surface area contributed by atoms with E-state index in [0.717, 1.165) is 5.56 Å². The van der Waals surface area contributed by atoms with Crippen LogP contribution in [0.3, 0.4) is 0 Å². The topological polar surface area (TPSA) is 106 Å². The third-order valence-electron chi connectivity index (χ3n) is 4.72. The molecule has 0 spiro atoms. The second-order valence-electron chi connectivity index (χ2n) is 6.71. The lowest BCUT2D eigenvalue weighted by atomic mass is 9.95. The Morgan fingerprint density at radius 1 is 1.34 bits per heavy atom. The Labute approximate surface area is 166 Å². The Morgan fingerprint density at radius 2 is 2.24 bits per heavy atom. The van der Waals surface area contributed by atoms with Crippen molar-refractivity contribution in [1.82, 2.24) is 20.3 Å². The molecular formula is C21H20N4O4. The van der Waals surface area contributed by atoms with Crippen LogP contribution in [0, 0.1) is 5.92 Å². The molecule has 4 rings (SSSR count). The van der Waals surface area contributed by atoms with Gasteiger partial charge in [0.15, 0.2) is 11.5 Å². The number of aromatic amines is 1. The molecule has 0 fully saturated rings. The smallest absolute Gasteiger partial charge is 0.251 e. The van der Waals surface area contributed by atoms with E-state index >= 15 is 0 Å². The van der Waals surface area contributed by atoms with Crippen LogP contribution in [0.2, 0.25) is 0 Å². The largest absolute Gasteiger partial charge is 0.493 e. The number of para-hydroxylation sites is 1. The molecule has 0 radical (unpaired) electrons. The summed E-state index contributed by atoms with van der Waals surface area (Å²) in [6.07, 6.45) is 3.82. The second-order valence-corrected chi connectivity index (χ2v) is 6.71. The highest BCUT2D eigenvalue weighted by Crippen LogP contribution is 2.36. The van der Waals surface area contributed by atoms with Gasteiger partial charge >= 0.3 is 0 Å². The highest BCUT2D eigenvalue weighted by atomic mass is 16.5. The first-order chi connectivity index (χ1) is 14.1. The molecule has 0 saturated heterocycles. The first-order valence-electron chi connectivity index (χ1n) is 9.21. The van der Waals surface area contributed by atoms with Crippen molar-refractivity contribution in [1.29, 1.82) is 0 Å². The molecule has 29 heavy (non-hydrogen) atoms. The van der Waals surface area contributed by atoms with E-state index in [0.29, 0.717) is 35.0 Å². The average Bonchev–Trinajstić information content (AvgIpc) is 2.76. The number of ether oxygens (including phenoxy) is 2. The predicted octanol–water partition coefficient (Wildman–Crippen LogP) is 1.71. The van der Waals surface area contributed by atoms with E-state index in [1.807, 2.05) is 18.2 Å². The molecule has 1 amide bonds. The lowest BCUT2D eigenvalue weighted by Crippen LogP contribution is -2.37. The van der Waals surface area contributed by atoms with Crippen LogP contribution in [0.15, 0.2) is 53.6 Å². The number of carbonyl (C=O) groups excluding carboxylic acids is 1. The molecule has 0 unspecified atom stereocenters. The highest BCUT2D eigenvalue weighted by molar-refractivity contribution is 5.79. The summed E-state index contributed by atoms with van der Waals surface area (Å²) in [5.41, 5.74) is 1.82. The van der Waals surface area contributed by atoms with Crippen LogP contribution in [-0.4, -0.2) is 34.6 Å². The summed E-state index contributed by atoms with van der Waals surface area (Å²) < 4.78 is 11.1. The van der Waals surface area contributed by atoms with Crippen LogP contribution in [0.25, 0.3) is 11.4 Å². The van der Waals surface area contributed by atoms with Gasteiger partial charge in [-0.05, 0) is 30.2 Å². The molecule has 3 heterocycles. The van der Waals surface area contributed by atoms with Gasteiger partial charge in [-0.1, -0.05) is 12.1 Å². The first kappa shape index (κ1) is 18.7. The molecule has 2 aromatic heterocycles. The molecule has 3 aromatic rings. The summed E-state index contributed by atoms with van der Waals surface area (Å²) in [4.78, 5) is 35.7. The number of rotatable bonds is 5. The number of H-pyrrole nitrogens is 1. The number of amides is 1. The molecule has 2 N–H and O–H groups in total. The molecule has 148 valence electrons. The normalized spacial score (nSPS) is 15.1. The average molecular weight is 392 g/mol. The monoisotopic (exact) mass is 392 g/mol. The number of fused-ring (bicyclic) bond motifs is 1. The van der Waals surface area contributed by atoms with E-state index in [1.54, 1.807) is 31.6 Å². The van der Waals surface area contributed by atoms with E-state index in [4.69, 9.17) is 9.47 Å². The van der Waals surface area contributed by atoms with Gasteiger partial charge in [-0.2, -0.15) is 0 Å². The Hall–Kier alpha value is -3.68. The minimum absolute atomic E-state index is 0.150. The Bertz CT molecular complexity index is 1080. The molecule has 1 aliphatic heterocycles. The van der Waals surface area contributed by atoms with Gasteiger partial charge in [0.1, 0.15) is 12.4 Å². The highest BCUT2D eigenvalue weighted by Gasteiger charge is 2.27. The number of aromatic nitrogens is 3. The third-order valence-corrected chi connectivity index (χ3v) is 4.72. The van der Waals surface area contributed by atoms with Crippen LogP contribution in [0.1, 0.15) is 11.3 Å². The maximum atomic E-state index is 12.6. The molecule has 0 bridgehead atoms. The summed E-state index contributed by atoms with van der Waals surface area (Å²) in [5.74, 6) is 1.29. The van der Waals surface area contributed by atoms with Gasteiger partial charge in [-0.15, -0.1) is 0 Å². The van der Waals surface area contributed by atoms with Crippen LogP contribution < -0.4 is 20.3 Å². The lowest BCUT2D eigenvalue weighted by molar-refractivity contribution is -0.126. The zero-order valence-electron chi connectivity index (χ0n) is 15.8. The number of hydrogen-bond donors (Lipinski definition) is 2. The minimum Gasteiger partial charge on any atom is -0.493 e. The van der Waals surface area contributed by atoms with Gasteiger partial charge in [-0.3, -0.25) is 14.6 Å². The number of nitrogens with one attached hydrogen (secondary N) is 2. The fourth-order valence-corrected chi connectivity index (χ4v) is 3.28. The number of nitrogens with zero attached hydrogens (tertiary/aromatic N) is 2. The summed E-state index contributed by atoms with van der Waals surface area (Å²) >= 11 is 0. The quantitative estimate of drug-likeness (QED) is 0.685. The van der Waals surface area contributed by atoms with Crippen molar-refractivity contribution in [3.05, 3.63) is 70.4 Å². The van der Waals surface area contributed by atoms with Gasteiger partial charge in [0.05, 0.1) is 25.3 Å². The van der Waals surface area contributed by atoms with Crippen molar-refractivity contribution >= 4 is 5.91 Å². The van der Waals surface area contributed by atoms with Crippen LogP contribution >= 0.6 is 0 Å². The number of pyridine rings is 1. The van der Waals surface area contributed by atoms with Crippen LogP contribution in [-0.2, 0) is 17.8 Å². The van der Waals surface area contributed by atoms with E-state index in [-0.39, 0.29) is 30.5 Å². The third kappa shape index (κ3) is 4.11. The Kier molecular flexibility index (Phi) is 5.24. The van der Waals surface area contributed by atoms with Crippen LogP contribution in [0.5, 0.6) is 11.5 Å². The van der Waals surface area contributed by atoms with Gasteiger partial charge < -0.3 is 19.8 Å². The molecular weight excluding hydrogens is 372 g/mol. The summed E-state index contributed by atoms with van der Waals surface area (Å²) in [6, 6.07) is 10.6. The lowest BCUT2D eigenvalue weighted by Gasteiger charge is -2.25. The van der Waals surface area contributed by atoms with Crippen molar-refractivity contribution in [3.63, 3.8) is 0 Å². The maximum absolute atomic E-state index is 12.6. The SMILES string of the molecule is COc1cccc2c1OC[C@H](C(=O)NCc1cc(=O)[nH]c(-c3cccnc3)n1)C2. The van der Waals surface area contributed by atoms with E-state index < -0.39 is 0 Å². The van der Waals surface area contributed by atoms with Gasteiger partial charge in [0.25, 0.3) is 5.56 Å². The van der Waals surface area contributed by atoms with Gasteiger partial charge in [0, 0.05) is 24.0 Å². The summed E-state index contributed by atoms with van der Waals surface area (Å²) in [6.45, 7) is 0.417. The van der Waals surface area contributed by atoms with Crippen molar-refractivity contribution in [3.8, 4) is 22.9 Å². The molecule has 0 saturated carbocycles. The predicted molar refractivity (Wildman–Crippen MR) is 106 cm³/mol. The Morgan fingerprint density at radius 3 is 3.03 bits per heavy atom. The number of benzene rings is 1. The van der Waals surface area contributed by atoms with Crippen molar-refractivity contribution in [2.75, 3.05) is 13.7 Å². The summed E-state index contributed by atoms with van der Waals surface area (Å²) in [7, 11) is 1.59. The van der Waals surface area contributed by atoms with Crippen LogP contribution in [0.4, 0.5) is 0 Å². The van der Waals surface area contributed by atoms with E-state index in [2.05, 4.69) is 20.3 Å².